The first-order valence-electron chi connectivity index (χ1n) is 9.35. The maximum Gasteiger partial charge on any atom is 0.335 e. The molecule has 6 heteroatoms. The van der Waals surface area contributed by atoms with Crippen molar-refractivity contribution in [1.29, 1.82) is 0 Å². The molecule has 28 heavy (non-hydrogen) atoms. The average molecular weight is 383 g/mol. The smallest absolute Gasteiger partial charge is 0.335 e. The second-order valence-corrected chi connectivity index (χ2v) is 6.89. The second kappa shape index (κ2) is 8.78. The molecule has 148 valence electrons. The first kappa shape index (κ1) is 19.7. The molecule has 1 heterocycles. The highest BCUT2D eigenvalue weighted by Gasteiger charge is 2.21. The quantitative estimate of drug-likeness (QED) is 0.794. The molecule has 1 aliphatic rings. The van der Waals surface area contributed by atoms with E-state index in [1.54, 1.807) is 26.4 Å². The number of carboxylic acids is 1. The summed E-state index contributed by atoms with van der Waals surface area (Å²) in [6.45, 7) is 1.14. The number of benzene rings is 2. The van der Waals surface area contributed by atoms with Crippen molar-refractivity contribution in [3.63, 3.8) is 0 Å². The van der Waals surface area contributed by atoms with Crippen molar-refractivity contribution in [3.8, 4) is 11.5 Å². The molecule has 0 aromatic heterocycles. The molecule has 0 atom stereocenters. The zero-order valence-electron chi connectivity index (χ0n) is 16.2. The van der Waals surface area contributed by atoms with Gasteiger partial charge in [0.25, 0.3) is 0 Å². The van der Waals surface area contributed by atoms with E-state index in [0.717, 1.165) is 47.5 Å². The molecule has 1 amide bonds. The molecule has 0 unspecified atom stereocenters. The van der Waals surface area contributed by atoms with Crippen molar-refractivity contribution >= 4 is 11.9 Å². The van der Waals surface area contributed by atoms with Gasteiger partial charge in [-0.2, -0.15) is 0 Å². The molecule has 0 saturated carbocycles. The van der Waals surface area contributed by atoms with Crippen molar-refractivity contribution in [3.05, 3.63) is 58.7 Å². The lowest BCUT2D eigenvalue weighted by atomic mass is 9.97. The highest BCUT2D eigenvalue weighted by atomic mass is 16.5. The van der Waals surface area contributed by atoms with Crippen LogP contribution in [0.4, 0.5) is 0 Å². The fraction of sp³-hybridized carbons (Fsp3) is 0.364. The fourth-order valence-electron chi connectivity index (χ4n) is 3.55. The lowest BCUT2D eigenvalue weighted by Gasteiger charge is -2.29. The molecule has 0 radical (unpaired) electrons. The molecule has 2 aromatic carbocycles. The molecule has 1 aliphatic heterocycles. The van der Waals surface area contributed by atoms with Crippen LogP contribution < -0.4 is 9.47 Å². The Morgan fingerprint density at radius 2 is 1.89 bits per heavy atom. The third-order valence-electron chi connectivity index (χ3n) is 5.15. The number of rotatable bonds is 7. The Bertz CT molecular complexity index is 877. The molecule has 1 N–H and O–H groups in total. The number of hydrogen-bond donors (Lipinski definition) is 1. The SMILES string of the molecule is COc1ccc(CCCC(=O)N2CCc3ccc(C(=O)O)cc3C2)c(OC)c1. The maximum atomic E-state index is 12.6. The number of nitrogens with zero attached hydrogens (tertiary/aromatic N) is 1. The van der Waals surface area contributed by atoms with E-state index >= 15 is 0 Å². The number of ether oxygens (including phenoxy) is 2. The zero-order valence-corrected chi connectivity index (χ0v) is 16.2. The minimum absolute atomic E-state index is 0.0962. The standard InChI is InChI=1S/C22H25NO5/c1-27-19-9-8-16(20(13-19)28-2)4-3-5-21(24)23-11-10-15-6-7-17(22(25)26)12-18(15)14-23/h6-9,12-13H,3-5,10-11,14H2,1-2H3,(H,25,26). The Hall–Kier alpha value is -3.02. The van der Waals surface area contributed by atoms with Gasteiger partial charge in [-0.15, -0.1) is 0 Å². The number of carboxylic acid groups (broad SMARTS) is 1. The van der Waals surface area contributed by atoms with E-state index in [1.165, 1.54) is 0 Å². The molecule has 0 spiro atoms. The minimum atomic E-state index is -0.945. The van der Waals surface area contributed by atoms with Gasteiger partial charge >= 0.3 is 5.97 Å². The van der Waals surface area contributed by atoms with Gasteiger partial charge in [0.2, 0.25) is 5.91 Å². The number of amides is 1. The van der Waals surface area contributed by atoms with Gasteiger partial charge in [0.05, 0.1) is 19.8 Å². The van der Waals surface area contributed by atoms with E-state index in [1.807, 2.05) is 29.2 Å². The van der Waals surface area contributed by atoms with E-state index in [9.17, 15) is 9.59 Å². The summed E-state index contributed by atoms with van der Waals surface area (Å²) in [5.74, 6) is 0.655. The topological polar surface area (TPSA) is 76.1 Å². The third kappa shape index (κ3) is 4.44. The van der Waals surface area contributed by atoms with Crippen LogP contribution in [-0.2, 0) is 24.2 Å². The number of aromatic carboxylic acids is 1. The Kier molecular flexibility index (Phi) is 6.19. The molecule has 0 fully saturated rings. The van der Waals surface area contributed by atoms with Crippen LogP contribution in [-0.4, -0.2) is 42.6 Å². The second-order valence-electron chi connectivity index (χ2n) is 6.89. The third-order valence-corrected chi connectivity index (χ3v) is 5.15. The molecular weight excluding hydrogens is 358 g/mol. The summed E-state index contributed by atoms with van der Waals surface area (Å²) in [5, 5.41) is 9.16. The van der Waals surface area contributed by atoms with E-state index in [0.29, 0.717) is 19.5 Å². The predicted molar refractivity (Wildman–Crippen MR) is 105 cm³/mol. The van der Waals surface area contributed by atoms with Gasteiger partial charge in [-0.05, 0) is 54.2 Å². The van der Waals surface area contributed by atoms with Gasteiger partial charge < -0.3 is 19.5 Å². The Labute approximate surface area is 164 Å². The average Bonchev–Trinajstić information content (AvgIpc) is 2.72. The van der Waals surface area contributed by atoms with Crippen molar-refractivity contribution in [1.82, 2.24) is 4.90 Å². The molecule has 2 aromatic rings. The minimum Gasteiger partial charge on any atom is -0.497 e. The van der Waals surface area contributed by atoms with Crippen LogP contribution in [0, 0.1) is 0 Å². The number of carbonyl (C=O) groups is 2. The monoisotopic (exact) mass is 383 g/mol. The number of methoxy groups -OCH3 is 2. The van der Waals surface area contributed by atoms with Gasteiger partial charge in [0, 0.05) is 25.6 Å². The lowest BCUT2D eigenvalue weighted by molar-refractivity contribution is -0.132. The van der Waals surface area contributed by atoms with Gasteiger partial charge in [0.15, 0.2) is 0 Å². The van der Waals surface area contributed by atoms with E-state index in [2.05, 4.69) is 0 Å². The summed E-state index contributed by atoms with van der Waals surface area (Å²) in [5.41, 5.74) is 3.36. The highest BCUT2D eigenvalue weighted by molar-refractivity contribution is 5.88. The largest absolute Gasteiger partial charge is 0.497 e. The van der Waals surface area contributed by atoms with Crippen LogP contribution in [0.2, 0.25) is 0 Å². The molecule has 0 aliphatic carbocycles. The van der Waals surface area contributed by atoms with Crippen LogP contribution >= 0.6 is 0 Å². The maximum absolute atomic E-state index is 12.6. The summed E-state index contributed by atoms with van der Waals surface area (Å²) in [7, 11) is 3.24. The molecule has 3 rings (SSSR count). The van der Waals surface area contributed by atoms with Crippen molar-refractivity contribution < 1.29 is 24.2 Å². The number of aryl methyl sites for hydroxylation is 1. The summed E-state index contributed by atoms with van der Waals surface area (Å²) in [4.78, 5) is 25.6. The van der Waals surface area contributed by atoms with Crippen LogP contribution in [0.3, 0.4) is 0 Å². The van der Waals surface area contributed by atoms with Gasteiger partial charge in [-0.1, -0.05) is 12.1 Å². The first-order chi connectivity index (χ1) is 13.5. The number of carbonyl (C=O) groups excluding carboxylic acids is 1. The summed E-state index contributed by atoms with van der Waals surface area (Å²) >= 11 is 0. The Morgan fingerprint density at radius 3 is 2.61 bits per heavy atom. The zero-order chi connectivity index (χ0) is 20.1. The van der Waals surface area contributed by atoms with Gasteiger partial charge in [-0.3, -0.25) is 4.79 Å². The van der Waals surface area contributed by atoms with E-state index < -0.39 is 5.97 Å². The van der Waals surface area contributed by atoms with Crippen LogP contribution in [0.5, 0.6) is 11.5 Å². The lowest BCUT2D eigenvalue weighted by Crippen LogP contribution is -2.36. The van der Waals surface area contributed by atoms with E-state index in [-0.39, 0.29) is 11.5 Å². The van der Waals surface area contributed by atoms with Crippen molar-refractivity contribution in [2.75, 3.05) is 20.8 Å². The van der Waals surface area contributed by atoms with Crippen molar-refractivity contribution in [2.45, 2.75) is 32.2 Å². The predicted octanol–water partition coefficient (Wildman–Crippen LogP) is 3.31. The Morgan fingerprint density at radius 1 is 1.07 bits per heavy atom. The van der Waals surface area contributed by atoms with E-state index in [4.69, 9.17) is 14.6 Å². The number of hydrogen-bond acceptors (Lipinski definition) is 4. The summed E-state index contributed by atoms with van der Waals surface area (Å²) in [6.07, 6.45) is 2.67. The summed E-state index contributed by atoms with van der Waals surface area (Å²) in [6, 6.07) is 10.9. The van der Waals surface area contributed by atoms with Crippen LogP contribution in [0.25, 0.3) is 0 Å². The molecule has 0 bridgehead atoms. The molecule has 6 nitrogen and oxygen atoms in total. The summed E-state index contributed by atoms with van der Waals surface area (Å²) < 4.78 is 10.6. The van der Waals surface area contributed by atoms with Gasteiger partial charge in [0.1, 0.15) is 11.5 Å². The fourth-order valence-corrected chi connectivity index (χ4v) is 3.55. The van der Waals surface area contributed by atoms with Crippen LogP contribution in [0.15, 0.2) is 36.4 Å². The molecular formula is C22H25NO5. The van der Waals surface area contributed by atoms with Gasteiger partial charge in [-0.25, -0.2) is 4.79 Å². The first-order valence-corrected chi connectivity index (χ1v) is 9.35. The Balaban J connectivity index is 1.57. The highest BCUT2D eigenvalue weighted by Crippen LogP contribution is 2.26. The van der Waals surface area contributed by atoms with Crippen molar-refractivity contribution in [2.24, 2.45) is 0 Å². The molecule has 0 saturated heterocycles. The normalized spacial score (nSPS) is 13.0. The number of fused-ring (bicyclic) bond motifs is 1. The van der Waals surface area contributed by atoms with Crippen LogP contribution in [0.1, 0.15) is 39.9 Å².